The largest absolute Gasteiger partial charge is 0.444 e. The molecular weight excluding hydrogens is 485 g/mol. The minimum Gasteiger partial charge on any atom is -0.444 e. The number of benzene rings is 1. The van der Waals surface area contributed by atoms with E-state index in [-0.39, 0.29) is 19.5 Å². The molecule has 1 atom stereocenters. The van der Waals surface area contributed by atoms with Crippen LogP contribution in [-0.4, -0.2) is 49.2 Å². The monoisotopic (exact) mass is 517 g/mol. The quantitative estimate of drug-likeness (QED) is 0.318. The van der Waals surface area contributed by atoms with Crippen LogP contribution in [0.4, 0.5) is 9.18 Å². The number of hydrogen-bond acceptors (Lipinski definition) is 6. The second-order valence-electron chi connectivity index (χ2n) is 10.8. The van der Waals surface area contributed by atoms with Crippen molar-refractivity contribution in [3.8, 4) is 22.8 Å². The number of ether oxygens (including phenoxy) is 2. The molecule has 0 bridgehead atoms. The summed E-state index contributed by atoms with van der Waals surface area (Å²) in [5, 5.41) is 0.784. The molecule has 1 fully saturated rings. The number of alkyl halides is 1. The average Bonchev–Trinajstić information content (AvgIpc) is 3.38. The summed E-state index contributed by atoms with van der Waals surface area (Å²) in [6, 6.07) is 13.1. The van der Waals surface area contributed by atoms with Crippen LogP contribution in [0.5, 0.6) is 11.6 Å². The van der Waals surface area contributed by atoms with Crippen molar-refractivity contribution in [2.45, 2.75) is 52.3 Å². The van der Waals surface area contributed by atoms with Crippen molar-refractivity contribution in [3.63, 3.8) is 0 Å². The van der Waals surface area contributed by atoms with Gasteiger partial charge in [0, 0.05) is 42.7 Å². The van der Waals surface area contributed by atoms with E-state index in [1.54, 1.807) is 31.4 Å². The number of carbonyl (C=O) groups excluding carboxylic acids is 1. The van der Waals surface area contributed by atoms with Crippen molar-refractivity contribution in [2.24, 2.45) is 7.05 Å². The Morgan fingerprint density at radius 1 is 1.08 bits per heavy atom. The van der Waals surface area contributed by atoms with E-state index in [2.05, 4.69) is 15.0 Å². The first kappa shape index (κ1) is 25.6. The van der Waals surface area contributed by atoms with Crippen molar-refractivity contribution in [2.75, 3.05) is 13.1 Å². The Morgan fingerprint density at radius 3 is 2.50 bits per heavy atom. The van der Waals surface area contributed by atoms with Crippen LogP contribution in [-0.2, 0) is 17.5 Å². The van der Waals surface area contributed by atoms with Gasteiger partial charge in [0.25, 0.3) is 0 Å². The maximum atomic E-state index is 16.9. The number of aromatic nitrogens is 4. The van der Waals surface area contributed by atoms with Gasteiger partial charge in [-0.25, -0.2) is 24.1 Å². The van der Waals surface area contributed by atoms with E-state index in [0.717, 1.165) is 27.9 Å². The summed E-state index contributed by atoms with van der Waals surface area (Å²) in [5.41, 5.74) is 1.79. The standard InChI is InChI=1S/C29H32FN5O3/c1-18-8-7-9-22(33-18)37-21-12-10-20(11-13-21)24-23-19(2)31-17-32-26(23)34(6)25(24)29(30)14-15-35(16-29)27(36)38-28(3,4)5/h7-13,17H,14-16H2,1-6H3. The number of amides is 1. The molecule has 38 heavy (non-hydrogen) atoms. The smallest absolute Gasteiger partial charge is 0.410 e. The molecule has 4 heterocycles. The van der Waals surface area contributed by atoms with Gasteiger partial charge in [0.05, 0.1) is 17.9 Å². The molecule has 9 heteroatoms. The van der Waals surface area contributed by atoms with E-state index in [4.69, 9.17) is 9.47 Å². The highest BCUT2D eigenvalue weighted by molar-refractivity contribution is 5.98. The molecule has 5 rings (SSSR count). The van der Waals surface area contributed by atoms with Crippen molar-refractivity contribution >= 4 is 17.1 Å². The molecule has 8 nitrogen and oxygen atoms in total. The zero-order valence-corrected chi connectivity index (χ0v) is 22.6. The molecule has 4 aromatic rings. The molecule has 0 spiro atoms. The second-order valence-corrected chi connectivity index (χ2v) is 10.8. The molecular formula is C29H32FN5O3. The fourth-order valence-corrected chi connectivity index (χ4v) is 5.04. The number of carbonyl (C=O) groups is 1. The molecule has 198 valence electrons. The van der Waals surface area contributed by atoms with E-state index >= 15 is 4.39 Å². The molecule has 1 aliphatic heterocycles. The highest BCUT2D eigenvalue weighted by Gasteiger charge is 2.47. The van der Waals surface area contributed by atoms with Crippen LogP contribution in [0.15, 0.2) is 48.8 Å². The SMILES string of the molecule is Cc1cccc(Oc2ccc(-c3c(C4(F)CCN(C(=O)OC(C)(C)C)C4)n(C)c4ncnc(C)c34)cc2)n1. The number of likely N-dealkylation sites (tertiary alicyclic amines) is 1. The third kappa shape index (κ3) is 4.80. The lowest BCUT2D eigenvalue weighted by molar-refractivity contribution is 0.0254. The maximum absolute atomic E-state index is 16.9. The lowest BCUT2D eigenvalue weighted by Gasteiger charge is -2.26. The highest BCUT2D eigenvalue weighted by Crippen LogP contribution is 2.46. The van der Waals surface area contributed by atoms with Gasteiger partial charge in [0.1, 0.15) is 23.3 Å². The molecule has 1 unspecified atom stereocenters. The van der Waals surface area contributed by atoms with Gasteiger partial charge in [0.15, 0.2) is 5.67 Å². The normalized spacial score (nSPS) is 17.7. The van der Waals surface area contributed by atoms with Crippen LogP contribution >= 0.6 is 0 Å². The lowest BCUT2D eigenvalue weighted by Crippen LogP contribution is -2.37. The Kier molecular flexibility index (Phi) is 6.33. The average molecular weight is 518 g/mol. The fraction of sp³-hybridized carbons (Fsp3) is 0.379. The minimum atomic E-state index is -1.80. The zero-order valence-electron chi connectivity index (χ0n) is 22.6. The van der Waals surface area contributed by atoms with E-state index < -0.39 is 17.4 Å². The van der Waals surface area contributed by atoms with Gasteiger partial charge in [-0.2, -0.15) is 0 Å². The van der Waals surface area contributed by atoms with Crippen LogP contribution in [0.2, 0.25) is 0 Å². The molecule has 1 amide bonds. The van der Waals surface area contributed by atoms with Gasteiger partial charge in [-0.1, -0.05) is 18.2 Å². The number of fused-ring (bicyclic) bond motifs is 1. The first-order chi connectivity index (χ1) is 17.9. The Labute approximate surface area is 221 Å². The zero-order chi connectivity index (χ0) is 27.2. The predicted molar refractivity (Wildman–Crippen MR) is 143 cm³/mol. The molecule has 0 aliphatic carbocycles. The number of pyridine rings is 1. The fourth-order valence-electron chi connectivity index (χ4n) is 5.04. The third-order valence-corrected chi connectivity index (χ3v) is 6.68. The number of aryl methyl sites for hydroxylation is 3. The van der Waals surface area contributed by atoms with E-state index in [0.29, 0.717) is 23.0 Å². The Bertz CT molecular complexity index is 1510. The van der Waals surface area contributed by atoms with E-state index in [1.807, 2.05) is 57.3 Å². The van der Waals surface area contributed by atoms with Gasteiger partial charge in [0.2, 0.25) is 5.88 Å². The highest BCUT2D eigenvalue weighted by atomic mass is 19.1. The third-order valence-electron chi connectivity index (χ3n) is 6.68. The number of nitrogens with zero attached hydrogens (tertiary/aromatic N) is 5. The molecule has 1 aromatic carbocycles. The van der Waals surface area contributed by atoms with Gasteiger partial charge in [-0.05, 0) is 58.4 Å². The Hall–Kier alpha value is -4.01. The molecule has 1 saturated heterocycles. The number of hydrogen-bond donors (Lipinski definition) is 0. The van der Waals surface area contributed by atoms with Crippen LogP contribution in [0.3, 0.4) is 0 Å². The van der Waals surface area contributed by atoms with E-state index in [1.165, 1.54) is 11.2 Å². The minimum absolute atomic E-state index is 0.105. The van der Waals surface area contributed by atoms with Gasteiger partial charge >= 0.3 is 6.09 Å². The second kappa shape index (κ2) is 9.38. The van der Waals surface area contributed by atoms with Crippen molar-refractivity contribution in [1.82, 2.24) is 24.4 Å². The summed E-state index contributed by atoms with van der Waals surface area (Å²) in [7, 11) is 1.81. The topological polar surface area (TPSA) is 82.4 Å². The van der Waals surface area contributed by atoms with E-state index in [9.17, 15) is 4.79 Å². The van der Waals surface area contributed by atoms with Crippen LogP contribution in [0, 0.1) is 13.8 Å². The summed E-state index contributed by atoms with van der Waals surface area (Å²) < 4.78 is 30.1. The molecule has 3 aromatic heterocycles. The van der Waals surface area contributed by atoms with Crippen LogP contribution in [0.1, 0.15) is 44.3 Å². The summed E-state index contributed by atoms with van der Waals surface area (Å²) >= 11 is 0. The summed E-state index contributed by atoms with van der Waals surface area (Å²) in [5.74, 6) is 1.12. The molecule has 1 aliphatic rings. The summed E-state index contributed by atoms with van der Waals surface area (Å²) in [4.78, 5) is 27.5. The predicted octanol–water partition coefficient (Wildman–Crippen LogP) is 6.25. The summed E-state index contributed by atoms with van der Waals surface area (Å²) in [6.07, 6.45) is 1.12. The van der Waals surface area contributed by atoms with Crippen molar-refractivity contribution in [3.05, 3.63) is 65.9 Å². The van der Waals surface area contributed by atoms with Gasteiger partial charge in [-0.3, -0.25) is 0 Å². The molecule has 0 saturated carbocycles. The van der Waals surface area contributed by atoms with Gasteiger partial charge in [-0.15, -0.1) is 0 Å². The van der Waals surface area contributed by atoms with Crippen molar-refractivity contribution in [1.29, 1.82) is 0 Å². The Morgan fingerprint density at radius 2 is 1.82 bits per heavy atom. The van der Waals surface area contributed by atoms with Crippen molar-refractivity contribution < 1.29 is 18.7 Å². The molecule has 0 radical (unpaired) electrons. The number of rotatable bonds is 4. The first-order valence-electron chi connectivity index (χ1n) is 12.6. The number of halogens is 1. The Balaban J connectivity index is 1.55. The van der Waals surface area contributed by atoms with Gasteiger partial charge < -0.3 is 18.9 Å². The van der Waals surface area contributed by atoms with Crippen LogP contribution in [0.25, 0.3) is 22.2 Å². The van der Waals surface area contributed by atoms with Crippen LogP contribution < -0.4 is 4.74 Å². The maximum Gasteiger partial charge on any atom is 0.410 e. The summed E-state index contributed by atoms with van der Waals surface area (Å²) in [6.45, 7) is 9.35. The lowest BCUT2D eigenvalue weighted by atomic mass is 9.92. The molecule has 0 N–H and O–H groups in total. The first-order valence-corrected chi connectivity index (χ1v) is 12.6.